The number of rotatable bonds is 7. The molecule has 0 radical (unpaired) electrons. The van der Waals surface area contributed by atoms with Gasteiger partial charge in [0.1, 0.15) is 5.82 Å². The summed E-state index contributed by atoms with van der Waals surface area (Å²) in [5, 5.41) is 16.4. The van der Waals surface area contributed by atoms with Gasteiger partial charge in [0.25, 0.3) is 5.56 Å². The smallest absolute Gasteiger partial charge is 0.312 e. The van der Waals surface area contributed by atoms with Gasteiger partial charge in [-0.2, -0.15) is 9.78 Å². The van der Waals surface area contributed by atoms with Crippen LogP contribution in [0.25, 0.3) is 10.9 Å². The number of aromatic nitrogens is 2. The Morgan fingerprint density at radius 1 is 1.25 bits per heavy atom. The van der Waals surface area contributed by atoms with Crippen LogP contribution in [0.15, 0.2) is 49.2 Å². The molecule has 0 aliphatic rings. The monoisotopic (exact) mass is 564 g/mol. The molecule has 32 heavy (non-hydrogen) atoms. The maximum atomic E-state index is 13.2. The summed E-state index contributed by atoms with van der Waals surface area (Å²) in [5.74, 6) is 0.657. The number of halogens is 2. The number of nitro groups is 1. The van der Waals surface area contributed by atoms with Crippen molar-refractivity contribution in [2.45, 2.75) is 46.1 Å². The van der Waals surface area contributed by atoms with Crippen LogP contribution in [0.3, 0.4) is 0 Å². The van der Waals surface area contributed by atoms with Gasteiger partial charge >= 0.3 is 5.69 Å². The Labute approximate surface area is 201 Å². The highest BCUT2D eigenvalue weighted by Crippen LogP contribution is 2.36. The quantitative estimate of drug-likeness (QED) is 0.198. The molecule has 168 valence electrons. The third-order valence-corrected chi connectivity index (χ3v) is 5.89. The van der Waals surface area contributed by atoms with E-state index in [4.69, 9.17) is 4.74 Å². The van der Waals surface area contributed by atoms with Crippen molar-refractivity contribution in [3.63, 3.8) is 0 Å². The summed E-state index contributed by atoms with van der Waals surface area (Å²) in [7, 11) is 0. The molecular formula is C22H22Br2N4O4. The van der Waals surface area contributed by atoms with Crippen LogP contribution in [-0.2, 0) is 0 Å². The van der Waals surface area contributed by atoms with E-state index in [0.29, 0.717) is 26.8 Å². The molecule has 8 nitrogen and oxygen atoms in total. The van der Waals surface area contributed by atoms with Crippen LogP contribution in [0.5, 0.6) is 5.75 Å². The van der Waals surface area contributed by atoms with Crippen molar-refractivity contribution in [2.75, 3.05) is 0 Å². The number of fused-ring (bicyclic) bond motifs is 1. The number of nitro benzene ring substituents is 1. The van der Waals surface area contributed by atoms with Crippen LogP contribution in [0.1, 0.15) is 51.4 Å². The van der Waals surface area contributed by atoms with Crippen LogP contribution in [0, 0.1) is 10.1 Å². The van der Waals surface area contributed by atoms with E-state index >= 15 is 0 Å². The SMILES string of the molecule is CC[C@@H](C)c1nc2ccc(Br)cc2c(=O)n1N=Cc1cc(Br)c(OC(C)C)c([N+](=O)[O-])c1. The summed E-state index contributed by atoms with van der Waals surface area (Å²) in [6.45, 7) is 7.56. The molecular weight excluding hydrogens is 544 g/mol. The van der Waals surface area contributed by atoms with E-state index < -0.39 is 4.92 Å². The van der Waals surface area contributed by atoms with E-state index in [1.54, 1.807) is 32.0 Å². The van der Waals surface area contributed by atoms with Gasteiger partial charge in [0.2, 0.25) is 5.75 Å². The molecule has 0 unspecified atom stereocenters. The molecule has 0 bridgehead atoms. The number of hydrogen-bond donors (Lipinski definition) is 0. The van der Waals surface area contributed by atoms with Crippen molar-refractivity contribution < 1.29 is 9.66 Å². The average Bonchev–Trinajstić information content (AvgIpc) is 2.73. The topological polar surface area (TPSA) is 99.6 Å². The predicted octanol–water partition coefficient (Wildman–Crippen LogP) is 6.01. The van der Waals surface area contributed by atoms with Crippen LogP contribution in [0.4, 0.5) is 5.69 Å². The van der Waals surface area contributed by atoms with E-state index in [1.165, 1.54) is 17.0 Å². The molecule has 1 atom stereocenters. The Morgan fingerprint density at radius 2 is 1.97 bits per heavy atom. The van der Waals surface area contributed by atoms with Gasteiger partial charge in [0.15, 0.2) is 0 Å². The maximum absolute atomic E-state index is 13.2. The van der Waals surface area contributed by atoms with Crippen LogP contribution < -0.4 is 10.3 Å². The number of nitrogens with zero attached hydrogens (tertiary/aromatic N) is 4. The molecule has 0 amide bonds. The van der Waals surface area contributed by atoms with Gasteiger partial charge in [-0.3, -0.25) is 14.9 Å². The first-order chi connectivity index (χ1) is 15.1. The third-order valence-electron chi connectivity index (χ3n) is 4.81. The minimum Gasteiger partial charge on any atom is -0.483 e. The Hall–Kier alpha value is -2.59. The van der Waals surface area contributed by atoms with E-state index in [1.807, 2.05) is 19.9 Å². The Balaban J connectivity index is 2.16. The zero-order valence-electron chi connectivity index (χ0n) is 18.0. The summed E-state index contributed by atoms with van der Waals surface area (Å²) >= 11 is 6.73. The van der Waals surface area contributed by atoms with Crippen LogP contribution in [0.2, 0.25) is 0 Å². The maximum Gasteiger partial charge on any atom is 0.312 e. The van der Waals surface area contributed by atoms with E-state index in [0.717, 1.165) is 10.9 Å². The lowest BCUT2D eigenvalue weighted by Crippen LogP contribution is -2.23. The van der Waals surface area contributed by atoms with Crippen molar-refractivity contribution in [1.82, 2.24) is 9.66 Å². The summed E-state index contributed by atoms with van der Waals surface area (Å²) in [5.41, 5.74) is 0.533. The average molecular weight is 566 g/mol. The highest BCUT2D eigenvalue weighted by Gasteiger charge is 2.21. The first-order valence-corrected chi connectivity index (χ1v) is 11.6. The molecule has 2 aromatic carbocycles. The van der Waals surface area contributed by atoms with Crippen LogP contribution >= 0.6 is 31.9 Å². The molecule has 1 heterocycles. The lowest BCUT2D eigenvalue weighted by molar-refractivity contribution is -0.386. The minimum absolute atomic E-state index is 0.0178. The summed E-state index contributed by atoms with van der Waals surface area (Å²) in [6.07, 6.45) is 1.95. The number of benzene rings is 2. The first-order valence-electron chi connectivity index (χ1n) is 10.0. The summed E-state index contributed by atoms with van der Waals surface area (Å²) in [6, 6.07) is 8.35. The predicted molar refractivity (Wildman–Crippen MR) is 132 cm³/mol. The molecule has 0 N–H and O–H groups in total. The summed E-state index contributed by atoms with van der Waals surface area (Å²) in [4.78, 5) is 29.0. The second kappa shape index (κ2) is 9.91. The third kappa shape index (κ3) is 5.07. The van der Waals surface area contributed by atoms with E-state index in [-0.39, 0.29) is 29.0 Å². The van der Waals surface area contributed by atoms with Crippen molar-refractivity contribution in [3.8, 4) is 5.75 Å². The van der Waals surface area contributed by atoms with Crippen molar-refractivity contribution in [2.24, 2.45) is 5.10 Å². The Kier molecular flexibility index (Phi) is 7.45. The zero-order valence-corrected chi connectivity index (χ0v) is 21.2. The molecule has 0 saturated heterocycles. The molecule has 10 heteroatoms. The second-order valence-electron chi connectivity index (χ2n) is 7.58. The molecule has 0 spiro atoms. The number of hydrogen-bond acceptors (Lipinski definition) is 6. The Bertz CT molecular complexity index is 1270. The van der Waals surface area contributed by atoms with Gasteiger partial charge in [-0.1, -0.05) is 29.8 Å². The van der Waals surface area contributed by atoms with Crippen LogP contribution in [-0.4, -0.2) is 26.9 Å². The van der Waals surface area contributed by atoms with Gasteiger partial charge in [0, 0.05) is 22.0 Å². The molecule has 0 fully saturated rings. The van der Waals surface area contributed by atoms with E-state index in [9.17, 15) is 14.9 Å². The zero-order chi connectivity index (χ0) is 23.6. The van der Waals surface area contributed by atoms with Crippen molar-refractivity contribution >= 4 is 54.7 Å². The number of ether oxygens (including phenoxy) is 1. The molecule has 0 aliphatic heterocycles. The summed E-state index contributed by atoms with van der Waals surface area (Å²) < 4.78 is 8.05. The molecule has 0 aliphatic carbocycles. The largest absolute Gasteiger partial charge is 0.483 e. The highest BCUT2D eigenvalue weighted by atomic mass is 79.9. The molecule has 3 rings (SSSR count). The first kappa shape index (κ1) is 24.1. The standard InChI is InChI=1S/C22H22Br2N4O4/c1-5-13(4)21-26-18-7-6-15(23)10-16(18)22(29)27(21)25-11-14-8-17(24)20(32-12(2)3)19(9-14)28(30)31/h6-13H,5H2,1-4H3/t13-/m1/s1. The fraction of sp³-hybridized carbons (Fsp3) is 0.318. The Morgan fingerprint density at radius 3 is 2.59 bits per heavy atom. The lowest BCUT2D eigenvalue weighted by Gasteiger charge is -2.14. The normalized spacial score (nSPS) is 12.6. The fourth-order valence-corrected chi connectivity index (χ4v) is 3.99. The molecule has 0 saturated carbocycles. The lowest BCUT2D eigenvalue weighted by atomic mass is 10.1. The van der Waals surface area contributed by atoms with Gasteiger partial charge in [0.05, 0.1) is 32.6 Å². The molecule has 1 aromatic heterocycles. The van der Waals surface area contributed by atoms with Gasteiger partial charge in [-0.05, 0) is 60.5 Å². The van der Waals surface area contributed by atoms with Gasteiger partial charge in [-0.15, -0.1) is 0 Å². The second-order valence-corrected chi connectivity index (χ2v) is 9.35. The minimum atomic E-state index is -0.508. The van der Waals surface area contributed by atoms with E-state index in [2.05, 4.69) is 41.9 Å². The highest BCUT2D eigenvalue weighted by molar-refractivity contribution is 9.10. The van der Waals surface area contributed by atoms with Crippen molar-refractivity contribution in [1.29, 1.82) is 0 Å². The van der Waals surface area contributed by atoms with Gasteiger partial charge < -0.3 is 4.74 Å². The fourth-order valence-electron chi connectivity index (χ4n) is 3.07. The van der Waals surface area contributed by atoms with Gasteiger partial charge in [-0.25, -0.2) is 4.98 Å². The molecule has 3 aromatic rings. The van der Waals surface area contributed by atoms with Crippen molar-refractivity contribution in [3.05, 3.63) is 71.1 Å².